The van der Waals surface area contributed by atoms with Gasteiger partial charge in [0.15, 0.2) is 0 Å². The molecule has 0 aliphatic rings. The molecule has 0 heterocycles. The molecule has 0 radical (unpaired) electrons. The van der Waals surface area contributed by atoms with Gasteiger partial charge in [0.2, 0.25) is 0 Å². The van der Waals surface area contributed by atoms with Crippen molar-refractivity contribution in [1.29, 1.82) is 0 Å². The summed E-state index contributed by atoms with van der Waals surface area (Å²) >= 11 is 4.54. The molecule has 2 N–H and O–H groups in total. The quantitative estimate of drug-likeness (QED) is 0.570. The molecule has 1 rings (SSSR count). The molecule has 3 nitrogen and oxygen atoms in total. The Kier molecular flexibility index (Phi) is 6.37. The first kappa shape index (κ1) is 16.9. The summed E-state index contributed by atoms with van der Waals surface area (Å²) in [5, 5.41) is 0. The molecule has 0 bridgehead atoms. The zero-order valence-electron chi connectivity index (χ0n) is 11.3. The minimum atomic E-state index is -3.75. The van der Waals surface area contributed by atoms with Crippen LogP contribution in [0.1, 0.15) is 16.7 Å². The maximum atomic E-state index is 9.35. The third kappa shape index (κ3) is 4.73. The highest BCUT2D eigenvalue weighted by Gasteiger charge is 2.17. The summed E-state index contributed by atoms with van der Waals surface area (Å²) in [6, 6.07) is 3.59. The van der Waals surface area contributed by atoms with Gasteiger partial charge in [-0.15, -0.1) is 19.7 Å². The number of allylic oxidation sites excluding steroid dienone is 3. The molecule has 1 aromatic carbocycles. The first-order valence-corrected chi connectivity index (χ1v) is 8.77. The Balaban J connectivity index is 3.41. The summed E-state index contributed by atoms with van der Waals surface area (Å²) < 4.78 is 5.13. The van der Waals surface area contributed by atoms with Crippen molar-refractivity contribution in [3.05, 3.63) is 66.8 Å². The van der Waals surface area contributed by atoms with Crippen LogP contribution in [0.5, 0.6) is 5.75 Å². The second-order valence-electron chi connectivity index (χ2n) is 4.24. The number of benzene rings is 1. The van der Waals surface area contributed by atoms with Gasteiger partial charge in [-0.1, -0.05) is 24.3 Å². The Morgan fingerprint density at radius 2 is 1.55 bits per heavy atom. The summed E-state index contributed by atoms with van der Waals surface area (Å²) in [5.41, 5.74) is 3.01. The number of rotatable bonds is 8. The van der Waals surface area contributed by atoms with Crippen LogP contribution in [0, 0.1) is 0 Å². The van der Waals surface area contributed by atoms with Crippen LogP contribution < -0.4 is 4.52 Å². The lowest BCUT2D eigenvalue weighted by molar-refractivity contribution is 0.369. The zero-order valence-corrected chi connectivity index (χ0v) is 13.0. The third-order valence-corrected chi connectivity index (χ3v) is 3.42. The van der Waals surface area contributed by atoms with E-state index in [-0.39, 0.29) is 0 Å². The molecular weight excluding hydrogens is 291 g/mol. The Hall–Kier alpha value is -1.19. The van der Waals surface area contributed by atoms with Crippen LogP contribution in [-0.4, -0.2) is 9.79 Å². The first-order valence-electron chi connectivity index (χ1n) is 6.14. The lowest BCUT2D eigenvalue weighted by Gasteiger charge is -2.18. The van der Waals surface area contributed by atoms with E-state index in [9.17, 15) is 9.79 Å². The second kappa shape index (κ2) is 7.55. The fourth-order valence-corrected chi connectivity index (χ4v) is 2.72. The molecule has 0 atom stereocenters. The highest BCUT2D eigenvalue weighted by Crippen LogP contribution is 2.41. The molecule has 0 saturated heterocycles. The first-order chi connectivity index (χ1) is 9.42. The topological polar surface area (TPSA) is 49.7 Å². The molecule has 5 heteroatoms. The fourth-order valence-electron chi connectivity index (χ4n) is 2.05. The van der Waals surface area contributed by atoms with Crippen LogP contribution >= 0.6 is 6.72 Å². The van der Waals surface area contributed by atoms with Gasteiger partial charge >= 0.3 is 6.72 Å². The van der Waals surface area contributed by atoms with Crippen molar-refractivity contribution in [2.45, 2.75) is 19.3 Å². The smallest absolute Gasteiger partial charge is 0.375 e. The van der Waals surface area contributed by atoms with Gasteiger partial charge in [0.05, 0.1) is 0 Å². The molecule has 0 fully saturated rings. The molecule has 0 unspecified atom stereocenters. The minimum absolute atomic E-state index is 0.392. The van der Waals surface area contributed by atoms with Gasteiger partial charge in [-0.2, -0.15) is 0 Å². The van der Waals surface area contributed by atoms with Crippen LogP contribution in [0.2, 0.25) is 0 Å². The van der Waals surface area contributed by atoms with Crippen molar-refractivity contribution in [3.63, 3.8) is 0 Å². The van der Waals surface area contributed by atoms with Crippen LogP contribution in [0.25, 0.3) is 0 Å². The van der Waals surface area contributed by atoms with E-state index in [1.54, 1.807) is 18.2 Å². The van der Waals surface area contributed by atoms with E-state index in [1.807, 2.05) is 12.1 Å². The van der Waals surface area contributed by atoms with E-state index in [4.69, 9.17) is 4.52 Å². The highest BCUT2D eigenvalue weighted by molar-refractivity contribution is 8.06. The van der Waals surface area contributed by atoms with Crippen LogP contribution in [0.4, 0.5) is 0 Å². The van der Waals surface area contributed by atoms with Crippen LogP contribution in [0.3, 0.4) is 0 Å². The molecule has 0 aromatic heterocycles. The lowest BCUT2D eigenvalue weighted by Crippen LogP contribution is -2.03. The lowest BCUT2D eigenvalue weighted by atomic mass is 9.93. The van der Waals surface area contributed by atoms with Crippen molar-refractivity contribution in [3.8, 4) is 5.75 Å². The molecular formula is C15H19O3PS. The highest BCUT2D eigenvalue weighted by atomic mass is 32.5. The molecule has 0 saturated carbocycles. The number of hydrogen-bond donors (Lipinski definition) is 2. The average Bonchev–Trinajstić information content (AvgIpc) is 2.35. The SMILES string of the molecule is C=CCc1ccc(OP(O)(O)=S)c(CC=C)c1CC=C. The normalized spacial score (nSPS) is 10.9. The molecule has 0 aliphatic carbocycles. The van der Waals surface area contributed by atoms with Gasteiger partial charge in [0.1, 0.15) is 5.75 Å². The fraction of sp³-hybridized carbons (Fsp3) is 0.200. The van der Waals surface area contributed by atoms with Crippen molar-refractivity contribution in [1.82, 2.24) is 0 Å². The van der Waals surface area contributed by atoms with E-state index in [0.29, 0.717) is 18.6 Å². The van der Waals surface area contributed by atoms with E-state index < -0.39 is 6.72 Å². The van der Waals surface area contributed by atoms with E-state index >= 15 is 0 Å². The van der Waals surface area contributed by atoms with Crippen molar-refractivity contribution in [2.24, 2.45) is 0 Å². The predicted octanol–water partition coefficient (Wildman–Crippen LogP) is 3.46. The van der Waals surface area contributed by atoms with E-state index in [0.717, 1.165) is 23.1 Å². The molecule has 1 aromatic rings. The summed E-state index contributed by atoms with van der Waals surface area (Å²) in [6.45, 7) is 7.48. The minimum Gasteiger partial charge on any atom is -0.424 e. The summed E-state index contributed by atoms with van der Waals surface area (Å²) in [5.74, 6) is 0.392. The molecule has 108 valence electrons. The van der Waals surface area contributed by atoms with Crippen molar-refractivity contribution in [2.75, 3.05) is 0 Å². The Morgan fingerprint density at radius 1 is 1.00 bits per heavy atom. The second-order valence-corrected chi connectivity index (χ2v) is 6.83. The van der Waals surface area contributed by atoms with Crippen LogP contribution in [0.15, 0.2) is 50.1 Å². The maximum absolute atomic E-state index is 9.35. The van der Waals surface area contributed by atoms with Gasteiger partial charge in [-0.25, -0.2) is 0 Å². The van der Waals surface area contributed by atoms with Gasteiger partial charge in [0.25, 0.3) is 0 Å². The monoisotopic (exact) mass is 310 g/mol. The average molecular weight is 310 g/mol. The predicted molar refractivity (Wildman–Crippen MR) is 87.5 cm³/mol. The standard InChI is InChI=1S/C15H19O3PS/c1-4-7-12-10-11-15(18-19(16,17)20)14(9-6-3)13(12)8-5-2/h4-6,10-11H,1-3,7-9H2,(H2,16,17,20). The molecule has 20 heavy (non-hydrogen) atoms. The maximum Gasteiger partial charge on any atom is 0.375 e. The van der Waals surface area contributed by atoms with Crippen LogP contribution in [-0.2, 0) is 31.1 Å². The van der Waals surface area contributed by atoms with Crippen molar-refractivity contribution < 1.29 is 14.3 Å². The summed E-state index contributed by atoms with van der Waals surface area (Å²) in [4.78, 5) is 18.7. The van der Waals surface area contributed by atoms with Gasteiger partial charge < -0.3 is 14.3 Å². The molecule has 0 spiro atoms. The summed E-state index contributed by atoms with van der Waals surface area (Å²) in [6.07, 6.45) is 7.29. The van der Waals surface area contributed by atoms with E-state index in [1.165, 1.54) is 0 Å². The Morgan fingerprint density at radius 3 is 2.05 bits per heavy atom. The Bertz CT molecular complexity index is 560. The number of hydrogen-bond acceptors (Lipinski definition) is 2. The largest absolute Gasteiger partial charge is 0.424 e. The molecule has 0 aliphatic heterocycles. The summed E-state index contributed by atoms with van der Waals surface area (Å²) in [7, 11) is 0. The van der Waals surface area contributed by atoms with Gasteiger partial charge in [-0.3, -0.25) is 0 Å². The van der Waals surface area contributed by atoms with Crippen molar-refractivity contribution >= 4 is 18.5 Å². The zero-order chi connectivity index (χ0) is 15.2. The third-order valence-electron chi connectivity index (χ3n) is 2.76. The Labute approximate surface area is 125 Å². The van der Waals surface area contributed by atoms with Gasteiger partial charge in [0, 0.05) is 17.4 Å². The van der Waals surface area contributed by atoms with E-state index in [2.05, 4.69) is 31.5 Å². The molecule has 0 amide bonds. The van der Waals surface area contributed by atoms with Gasteiger partial charge in [-0.05, 0) is 36.5 Å².